The normalized spacial score (nSPS) is 11.5. The van der Waals surface area contributed by atoms with Crippen molar-refractivity contribution < 1.29 is 14.3 Å². The fourth-order valence-corrected chi connectivity index (χ4v) is 2.17. The molecule has 0 aliphatic carbocycles. The first-order chi connectivity index (χ1) is 11.5. The van der Waals surface area contributed by atoms with Crippen LogP contribution in [0.25, 0.3) is 0 Å². The van der Waals surface area contributed by atoms with Gasteiger partial charge in [-0.2, -0.15) is 0 Å². The van der Waals surface area contributed by atoms with Gasteiger partial charge in [0.15, 0.2) is 0 Å². The number of carbonyl (C=O) groups is 2. The van der Waals surface area contributed by atoms with Gasteiger partial charge in [-0.15, -0.1) is 0 Å². The summed E-state index contributed by atoms with van der Waals surface area (Å²) in [5, 5.41) is 5.65. The molecule has 6 heteroatoms. The maximum absolute atomic E-state index is 12.1. The van der Waals surface area contributed by atoms with E-state index < -0.39 is 12.1 Å². The van der Waals surface area contributed by atoms with Crippen LogP contribution in [0.3, 0.4) is 0 Å². The number of ether oxygens (including phenoxy) is 1. The molecule has 1 atom stereocenters. The molecule has 2 aromatic carbocycles. The molecule has 0 radical (unpaired) electrons. The van der Waals surface area contributed by atoms with Gasteiger partial charge in [0.05, 0.1) is 10.7 Å². The molecule has 2 rings (SSSR count). The Morgan fingerprint density at radius 1 is 1.12 bits per heavy atom. The molecule has 0 aliphatic rings. The van der Waals surface area contributed by atoms with Crippen LogP contribution in [0.4, 0.5) is 10.5 Å². The molecule has 0 unspecified atom stereocenters. The summed E-state index contributed by atoms with van der Waals surface area (Å²) in [6.07, 6.45) is -0.656. The van der Waals surface area contributed by atoms with Crippen molar-refractivity contribution in [3.05, 3.63) is 64.7 Å². The quantitative estimate of drug-likeness (QED) is 0.862. The van der Waals surface area contributed by atoms with Crippen LogP contribution < -0.4 is 10.6 Å². The lowest BCUT2D eigenvalue weighted by atomic mass is 10.2. The zero-order chi connectivity index (χ0) is 17.5. The second kappa shape index (κ2) is 8.36. The van der Waals surface area contributed by atoms with Crippen molar-refractivity contribution in [2.24, 2.45) is 0 Å². The summed E-state index contributed by atoms with van der Waals surface area (Å²) >= 11 is 6.14. The Hall–Kier alpha value is -2.53. The molecule has 0 bridgehead atoms. The average Bonchev–Trinajstić information content (AvgIpc) is 2.58. The van der Waals surface area contributed by atoms with Gasteiger partial charge in [-0.1, -0.05) is 54.1 Å². The summed E-state index contributed by atoms with van der Waals surface area (Å²) in [5.41, 5.74) is 2.24. The molecule has 5 nitrogen and oxygen atoms in total. The third kappa shape index (κ3) is 4.99. The second-order valence-corrected chi connectivity index (χ2v) is 5.73. The topological polar surface area (TPSA) is 67.4 Å². The monoisotopic (exact) mass is 346 g/mol. The fourth-order valence-electron chi connectivity index (χ4n) is 1.99. The van der Waals surface area contributed by atoms with Crippen LogP contribution in [-0.2, 0) is 16.1 Å². The molecular formula is C18H19ClN2O3. The van der Waals surface area contributed by atoms with E-state index in [0.29, 0.717) is 10.7 Å². The molecule has 2 N–H and O–H groups in total. The standard InChI is InChI=1S/C18H19ClN2O3/c1-12-7-6-10-15(16(12)19)21-17(22)13(2)20-18(23)24-11-14-8-4-3-5-9-14/h3-10,13H,11H2,1-2H3,(H,20,23)(H,21,22)/t13-/m0/s1. The number of hydrogen-bond acceptors (Lipinski definition) is 3. The van der Waals surface area contributed by atoms with Gasteiger partial charge in [0, 0.05) is 0 Å². The van der Waals surface area contributed by atoms with Crippen molar-refractivity contribution in [2.45, 2.75) is 26.5 Å². The highest BCUT2D eigenvalue weighted by molar-refractivity contribution is 6.34. The third-order valence-corrected chi connectivity index (χ3v) is 3.89. The number of nitrogens with one attached hydrogen (secondary N) is 2. The van der Waals surface area contributed by atoms with Crippen molar-refractivity contribution >= 4 is 29.3 Å². The van der Waals surface area contributed by atoms with E-state index in [0.717, 1.165) is 11.1 Å². The van der Waals surface area contributed by atoms with E-state index in [1.807, 2.05) is 43.3 Å². The molecule has 0 saturated heterocycles. The smallest absolute Gasteiger partial charge is 0.408 e. The van der Waals surface area contributed by atoms with Gasteiger partial charge >= 0.3 is 6.09 Å². The first-order valence-corrected chi connectivity index (χ1v) is 7.88. The van der Waals surface area contributed by atoms with E-state index in [1.165, 1.54) is 0 Å². The maximum atomic E-state index is 12.1. The summed E-state index contributed by atoms with van der Waals surface area (Å²) in [6, 6.07) is 13.9. The molecule has 0 aliphatic heterocycles. The zero-order valence-electron chi connectivity index (χ0n) is 13.5. The molecule has 0 spiro atoms. The fraction of sp³-hybridized carbons (Fsp3) is 0.222. The number of halogens is 1. The maximum Gasteiger partial charge on any atom is 0.408 e. The van der Waals surface area contributed by atoms with Crippen LogP contribution in [0, 0.1) is 6.92 Å². The van der Waals surface area contributed by atoms with E-state index in [-0.39, 0.29) is 12.5 Å². The molecule has 2 amide bonds. The lowest BCUT2D eigenvalue weighted by Crippen LogP contribution is -2.41. The summed E-state index contributed by atoms with van der Waals surface area (Å²) < 4.78 is 5.09. The molecule has 0 fully saturated rings. The van der Waals surface area contributed by atoms with Crippen molar-refractivity contribution in [1.29, 1.82) is 0 Å². The number of aryl methyl sites for hydroxylation is 1. The Balaban J connectivity index is 1.84. The van der Waals surface area contributed by atoms with E-state index in [9.17, 15) is 9.59 Å². The highest BCUT2D eigenvalue weighted by Crippen LogP contribution is 2.25. The van der Waals surface area contributed by atoms with Crippen molar-refractivity contribution in [3.63, 3.8) is 0 Å². The van der Waals surface area contributed by atoms with Gasteiger partial charge in [-0.25, -0.2) is 4.79 Å². The van der Waals surface area contributed by atoms with Crippen LogP contribution in [0.5, 0.6) is 0 Å². The van der Waals surface area contributed by atoms with Crippen LogP contribution in [0.2, 0.25) is 5.02 Å². The van der Waals surface area contributed by atoms with Gasteiger partial charge in [0.2, 0.25) is 5.91 Å². The van der Waals surface area contributed by atoms with Gasteiger partial charge in [0.25, 0.3) is 0 Å². The Kier molecular flexibility index (Phi) is 6.21. The lowest BCUT2D eigenvalue weighted by Gasteiger charge is -2.15. The average molecular weight is 347 g/mol. The van der Waals surface area contributed by atoms with Crippen LogP contribution in [0.1, 0.15) is 18.1 Å². The highest BCUT2D eigenvalue weighted by Gasteiger charge is 2.17. The number of hydrogen-bond donors (Lipinski definition) is 2. The van der Waals surface area contributed by atoms with Crippen LogP contribution >= 0.6 is 11.6 Å². The van der Waals surface area contributed by atoms with E-state index in [4.69, 9.17) is 16.3 Å². The lowest BCUT2D eigenvalue weighted by molar-refractivity contribution is -0.117. The molecule has 2 aromatic rings. The number of anilines is 1. The molecule has 24 heavy (non-hydrogen) atoms. The predicted molar refractivity (Wildman–Crippen MR) is 94.0 cm³/mol. The minimum absolute atomic E-state index is 0.144. The zero-order valence-corrected chi connectivity index (χ0v) is 14.3. The van der Waals surface area contributed by atoms with Gasteiger partial charge in [-0.3, -0.25) is 4.79 Å². The van der Waals surface area contributed by atoms with Crippen molar-refractivity contribution in [3.8, 4) is 0 Å². The Morgan fingerprint density at radius 3 is 2.54 bits per heavy atom. The Morgan fingerprint density at radius 2 is 1.83 bits per heavy atom. The second-order valence-electron chi connectivity index (χ2n) is 5.35. The highest BCUT2D eigenvalue weighted by atomic mass is 35.5. The summed E-state index contributed by atoms with van der Waals surface area (Å²) in [4.78, 5) is 23.9. The van der Waals surface area contributed by atoms with Crippen molar-refractivity contribution in [2.75, 3.05) is 5.32 Å². The van der Waals surface area contributed by atoms with E-state index in [1.54, 1.807) is 19.1 Å². The number of carbonyl (C=O) groups excluding carboxylic acids is 2. The summed E-state index contributed by atoms with van der Waals surface area (Å²) in [5.74, 6) is -0.376. The number of amides is 2. The Bertz CT molecular complexity index is 719. The third-order valence-electron chi connectivity index (χ3n) is 3.39. The largest absolute Gasteiger partial charge is 0.445 e. The van der Waals surface area contributed by atoms with Crippen LogP contribution in [-0.4, -0.2) is 18.0 Å². The molecule has 0 heterocycles. The van der Waals surface area contributed by atoms with Crippen LogP contribution in [0.15, 0.2) is 48.5 Å². The van der Waals surface area contributed by atoms with Crippen molar-refractivity contribution in [1.82, 2.24) is 5.32 Å². The molecule has 0 saturated carbocycles. The first-order valence-electron chi connectivity index (χ1n) is 7.50. The minimum Gasteiger partial charge on any atom is -0.445 e. The molecular weight excluding hydrogens is 328 g/mol. The van der Waals surface area contributed by atoms with E-state index in [2.05, 4.69) is 10.6 Å². The van der Waals surface area contributed by atoms with E-state index >= 15 is 0 Å². The number of alkyl carbamates (subject to hydrolysis) is 1. The Labute approximate surface area is 146 Å². The molecule has 126 valence electrons. The number of rotatable bonds is 5. The summed E-state index contributed by atoms with van der Waals surface area (Å²) in [7, 11) is 0. The molecule has 0 aromatic heterocycles. The van der Waals surface area contributed by atoms with Gasteiger partial charge in [-0.05, 0) is 31.0 Å². The predicted octanol–water partition coefficient (Wildman–Crippen LogP) is 3.90. The van der Waals surface area contributed by atoms with Gasteiger partial charge in [0.1, 0.15) is 12.6 Å². The van der Waals surface area contributed by atoms with Gasteiger partial charge < -0.3 is 15.4 Å². The number of benzene rings is 2. The first kappa shape index (κ1) is 17.8. The minimum atomic E-state index is -0.759. The SMILES string of the molecule is Cc1cccc(NC(=O)[C@H](C)NC(=O)OCc2ccccc2)c1Cl. The summed E-state index contributed by atoms with van der Waals surface area (Å²) in [6.45, 7) is 3.56.